The summed E-state index contributed by atoms with van der Waals surface area (Å²) in [5.41, 5.74) is 4.26. The standard InChI is InChI=1S/C21H29N3O/c1-20(2)17-8-9-21(20,3)19(14-17)23-22-15-16-4-6-18(7-5-16)24-10-12-25-13-11-24/h4-7,15,17H,8-14H2,1-3H3. The van der Waals surface area contributed by atoms with Crippen LogP contribution in [-0.4, -0.2) is 38.2 Å². The Labute approximate surface area is 151 Å². The Morgan fingerprint density at radius 3 is 2.44 bits per heavy atom. The van der Waals surface area contributed by atoms with Gasteiger partial charge in [0.05, 0.1) is 19.4 Å². The van der Waals surface area contributed by atoms with Crippen LogP contribution in [0.2, 0.25) is 0 Å². The van der Waals surface area contributed by atoms with E-state index in [-0.39, 0.29) is 5.41 Å². The van der Waals surface area contributed by atoms with Gasteiger partial charge >= 0.3 is 0 Å². The number of rotatable bonds is 3. The molecule has 0 spiro atoms. The molecule has 2 unspecified atom stereocenters. The lowest BCUT2D eigenvalue weighted by Crippen LogP contribution is -2.36. The summed E-state index contributed by atoms with van der Waals surface area (Å²) in [5.74, 6) is 0.777. The van der Waals surface area contributed by atoms with Crippen molar-refractivity contribution in [1.29, 1.82) is 0 Å². The first kappa shape index (κ1) is 16.8. The van der Waals surface area contributed by atoms with E-state index in [1.165, 1.54) is 24.2 Å². The van der Waals surface area contributed by atoms with E-state index >= 15 is 0 Å². The first-order chi connectivity index (χ1) is 12.0. The van der Waals surface area contributed by atoms with Crippen LogP contribution in [0.5, 0.6) is 0 Å². The van der Waals surface area contributed by atoms with Crippen molar-refractivity contribution in [2.75, 3.05) is 31.2 Å². The van der Waals surface area contributed by atoms with E-state index in [0.717, 1.165) is 44.2 Å². The van der Waals surface area contributed by atoms with Crippen molar-refractivity contribution < 1.29 is 4.74 Å². The molecule has 3 aliphatic rings. The van der Waals surface area contributed by atoms with E-state index in [1.54, 1.807) is 0 Å². The summed E-state index contributed by atoms with van der Waals surface area (Å²) in [7, 11) is 0. The number of nitrogens with zero attached hydrogens (tertiary/aromatic N) is 3. The van der Waals surface area contributed by atoms with Gasteiger partial charge < -0.3 is 9.64 Å². The normalized spacial score (nSPS) is 32.8. The zero-order valence-corrected chi connectivity index (χ0v) is 15.7. The molecule has 4 nitrogen and oxygen atoms in total. The molecule has 1 saturated heterocycles. The predicted octanol–water partition coefficient (Wildman–Crippen LogP) is 4.14. The Hall–Kier alpha value is -1.68. The molecule has 1 aromatic rings. The minimum atomic E-state index is 0.231. The molecule has 1 aromatic carbocycles. The molecule has 4 rings (SSSR count). The van der Waals surface area contributed by atoms with Gasteiger partial charge in [0.2, 0.25) is 0 Å². The summed E-state index contributed by atoms with van der Waals surface area (Å²) in [6.45, 7) is 10.8. The Bertz CT molecular complexity index is 686. The van der Waals surface area contributed by atoms with E-state index < -0.39 is 0 Å². The van der Waals surface area contributed by atoms with Crippen LogP contribution in [0.25, 0.3) is 0 Å². The second-order valence-electron chi connectivity index (χ2n) is 8.48. The largest absolute Gasteiger partial charge is 0.378 e. The van der Waals surface area contributed by atoms with Crippen molar-refractivity contribution in [3.8, 4) is 0 Å². The maximum absolute atomic E-state index is 5.41. The summed E-state index contributed by atoms with van der Waals surface area (Å²) in [4.78, 5) is 2.36. The third-order valence-electron chi connectivity index (χ3n) is 7.17. The SMILES string of the molecule is CC12CCC(CC1=NN=Cc1ccc(N3CCOCC3)cc1)C2(C)C. The molecule has 1 aliphatic heterocycles. The fourth-order valence-corrected chi connectivity index (χ4v) is 4.84. The lowest BCUT2D eigenvalue weighted by atomic mass is 9.70. The van der Waals surface area contributed by atoms with Gasteiger partial charge in [-0.05, 0) is 48.3 Å². The van der Waals surface area contributed by atoms with E-state index in [9.17, 15) is 0 Å². The molecular weight excluding hydrogens is 310 g/mol. The molecule has 3 fully saturated rings. The highest BCUT2D eigenvalue weighted by atomic mass is 16.5. The number of fused-ring (bicyclic) bond motifs is 2. The lowest BCUT2D eigenvalue weighted by Gasteiger charge is -2.34. The van der Waals surface area contributed by atoms with Crippen molar-refractivity contribution >= 4 is 17.6 Å². The minimum Gasteiger partial charge on any atom is -0.378 e. The summed E-state index contributed by atoms with van der Waals surface area (Å²) in [6, 6.07) is 8.59. The monoisotopic (exact) mass is 339 g/mol. The van der Waals surface area contributed by atoms with E-state index in [4.69, 9.17) is 4.74 Å². The molecular formula is C21H29N3O. The van der Waals surface area contributed by atoms with Crippen LogP contribution in [0.15, 0.2) is 34.5 Å². The van der Waals surface area contributed by atoms with Gasteiger partial charge in [-0.25, -0.2) is 0 Å². The smallest absolute Gasteiger partial charge is 0.0642 e. The molecule has 25 heavy (non-hydrogen) atoms. The molecule has 2 aliphatic carbocycles. The van der Waals surface area contributed by atoms with E-state index in [1.807, 2.05) is 6.21 Å². The molecule has 2 atom stereocenters. The van der Waals surface area contributed by atoms with Gasteiger partial charge in [-0.1, -0.05) is 32.9 Å². The molecule has 0 radical (unpaired) electrons. The molecule has 0 amide bonds. The number of anilines is 1. The van der Waals surface area contributed by atoms with Crippen molar-refractivity contribution in [2.45, 2.75) is 40.0 Å². The average Bonchev–Trinajstić information content (AvgIpc) is 2.96. The Balaban J connectivity index is 1.44. The van der Waals surface area contributed by atoms with Gasteiger partial charge in [-0.2, -0.15) is 10.2 Å². The molecule has 0 aromatic heterocycles. The summed E-state index contributed by atoms with van der Waals surface area (Å²) >= 11 is 0. The van der Waals surface area contributed by atoms with Gasteiger partial charge in [0.15, 0.2) is 0 Å². The highest BCUT2D eigenvalue weighted by Gasteiger charge is 2.59. The summed E-state index contributed by atoms with van der Waals surface area (Å²) in [6.07, 6.45) is 5.61. The Kier molecular flexibility index (Phi) is 4.19. The minimum absolute atomic E-state index is 0.231. The van der Waals surface area contributed by atoms with Crippen LogP contribution in [0.1, 0.15) is 45.6 Å². The van der Waals surface area contributed by atoms with Crippen molar-refractivity contribution in [1.82, 2.24) is 0 Å². The zero-order valence-electron chi connectivity index (χ0n) is 15.7. The fraction of sp³-hybridized carbons (Fsp3) is 0.619. The molecule has 2 saturated carbocycles. The lowest BCUT2D eigenvalue weighted by molar-refractivity contribution is 0.122. The summed E-state index contributed by atoms with van der Waals surface area (Å²) < 4.78 is 5.41. The number of hydrogen-bond acceptors (Lipinski definition) is 4. The molecule has 1 heterocycles. The molecule has 4 heteroatoms. The number of ether oxygens (including phenoxy) is 1. The highest BCUT2D eigenvalue weighted by molar-refractivity contribution is 5.94. The quantitative estimate of drug-likeness (QED) is 0.613. The Morgan fingerprint density at radius 2 is 1.84 bits per heavy atom. The Morgan fingerprint density at radius 1 is 1.12 bits per heavy atom. The average molecular weight is 339 g/mol. The van der Waals surface area contributed by atoms with Gasteiger partial charge in [0, 0.05) is 29.9 Å². The molecule has 2 bridgehead atoms. The number of benzene rings is 1. The van der Waals surface area contributed by atoms with Crippen LogP contribution in [-0.2, 0) is 4.74 Å². The molecule has 134 valence electrons. The van der Waals surface area contributed by atoms with Crippen LogP contribution in [0, 0.1) is 16.7 Å². The third kappa shape index (κ3) is 2.80. The second-order valence-corrected chi connectivity index (χ2v) is 8.48. The van der Waals surface area contributed by atoms with Gasteiger partial charge in [-0.3, -0.25) is 0 Å². The maximum Gasteiger partial charge on any atom is 0.0642 e. The van der Waals surface area contributed by atoms with Crippen molar-refractivity contribution in [2.24, 2.45) is 27.0 Å². The van der Waals surface area contributed by atoms with E-state index in [0.29, 0.717) is 5.41 Å². The first-order valence-electron chi connectivity index (χ1n) is 9.54. The third-order valence-corrected chi connectivity index (χ3v) is 7.17. The number of hydrogen-bond donors (Lipinski definition) is 0. The highest BCUT2D eigenvalue weighted by Crippen LogP contribution is 2.63. The van der Waals surface area contributed by atoms with Crippen LogP contribution in [0.4, 0.5) is 5.69 Å². The molecule has 0 N–H and O–H groups in total. The van der Waals surface area contributed by atoms with Crippen molar-refractivity contribution in [3.63, 3.8) is 0 Å². The van der Waals surface area contributed by atoms with Crippen LogP contribution in [0.3, 0.4) is 0 Å². The van der Waals surface area contributed by atoms with Crippen LogP contribution < -0.4 is 4.90 Å². The van der Waals surface area contributed by atoms with Crippen molar-refractivity contribution in [3.05, 3.63) is 29.8 Å². The predicted molar refractivity (Wildman–Crippen MR) is 104 cm³/mol. The zero-order chi connectivity index (χ0) is 17.5. The maximum atomic E-state index is 5.41. The fourth-order valence-electron chi connectivity index (χ4n) is 4.84. The topological polar surface area (TPSA) is 37.2 Å². The second kappa shape index (κ2) is 6.24. The summed E-state index contributed by atoms with van der Waals surface area (Å²) in [5, 5.41) is 9.06. The number of morpholine rings is 1. The van der Waals surface area contributed by atoms with Crippen LogP contribution >= 0.6 is 0 Å². The van der Waals surface area contributed by atoms with E-state index in [2.05, 4.69) is 60.1 Å². The van der Waals surface area contributed by atoms with Gasteiger partial charge in [0.1, 0.15) is 0 Å². The first-order valence-corrected chi connectivity index (χ1v) is 9.54. The van der Waals surface area contributed by atoms with Gasteiger partial charge in [-0.15, -0.1) is 0 Å². The van der Waals surface area contributed by atoms with Gasteiger partial charge in [0.25, 0.3) is 0 Å².